The van der Waals surface area contributed by atoms with E-state index in [0.717, 1.165) is 12.1 Å². The van der Waals surface area contributed by atoms with Crippen molar-refractivity contribution in [3.05, 3.63) is 36.7 Å². The Bertz CT molecular complexity index is 684. The minimum atomic E-state index is -0.598. The average molecular weight is 300 g/mol. The molecule has 0 spiro atoms. The number of rotatable bonds is 5. The Morgan fingerprint density at radius 1 is 1.36 bits per heavy atom. The van der Waals surface area contributed by atoms with Crippen molar-refractivity contribution < 1.29 is 9.59 Å². The fraction of sp³-hybridized carbons (Fsp3) is 0.357. The van der Waals surface area contributed by atoms with Crippen LogP contribution in [0.3, 0.4) is 0 Å². The van der Waals surface area contributed by atoms with Gasteiger partial charge >= 0.3 is 6.03 Å². The Morgan fingerprint density at radius 2 is 2.23 bits per heavy atom. The highest BCUT2D eigenvalue weighted by Gasteiger charge is 2.38. The van der Waals surface area contributed by atoms with Gasteiger partial charge in [0.2, 0.25) is 0 Å². The van der Waals surface area contributed by atoms with Gasteiger partial charge in [0, 0.05) is 19.2 Å². The van der Waals surface area contributed by atoms with Crippen LogP contribution in [0.5, 0.6) is 0 Å². The Labute approximate surface area is 127 Å². The Morgan fingerprint density at radius 3 is 2.95 bits per heavy atom. The zero-order valence-corrected chi connectivity index (χ0v) is 12.1. The minimum absolute atomic E-state index is 0.215. The molecule has 0 saturated carbocycles. The van der Waals surface area contributed by atoms with E-state index in [1.807, 2.05) is 13.0 Å². The SMILES string of the molecule is CCCN1C(=O)NC(Cc2ncnn2-c2cccnc2)C1=O. The van der Waals surface area contributed by atoms with Gasteiger partial charge in [-0.1, -0.05) is 6.92 Å². The van der Waals surface area contributed by atoms with Gasteiger partial charge in [0.15, 0.2) is 0 Å². The number of imide groups is 1. The van der Waals surface area contributed by atoms with Gasteiger partial charge in [0.25, 0.3) is 5.91 Å². The highest BCUT2D eigenvalue weighted by Crippen LogP contribution is 2.13. The number of amides is 3. The molecule has 0 bridgehead atoms. The molecule has 1 saturated heterocycles. The quantitative estimate of drug-likeness (QED) is 0.813. The number of carbonyl (C=O) groups is 2. The van der Waals surface area contributed by atoms with E-state index in [2.05, 4.69) is 20.4 Å². The Kier molecular flexibility index (Phi) is 3.82. The molecular formula is C14H16N6O2. The summed E-state index contributed by atoms with van der Waals surface area (Å²) in [5, 5.41) is 6.85. The van der Waals surface area contributed by atoms with Gasteiger partial charge in [-0.3, -0.25) is 14.7 Å². The number of pyridine rings is 1. The van der Waals surface area contributed by atoms with Crippen molar-refractivity contribution in [1.29, 1.82) is 0 Å². The number of urea groups is 1. The van der Waals surface area contributed by atoms with Gasteiger partial charge < -0.3 is 5.32 Å². The van der Waals surface area contributed by atoms with Crippen LogP contribution in [0, 0.1) is 0 Å². The third-order valence-electron chi connectivity index (χ3n) is 3.45. The summed E-state index contributed by atoms with van der Waals surface area (Å²) in [4.78, 5) is 33.5. The smallest absolute Gasteiger partial charge is 0.324 e. The molecule has 1 aliphatic rings. The first-order valence-electron chi connectivity index (χ1n) is 7.12. The maximum absolute atomic E-state index is 12.3. The van der Waals surface area contributed by atoms with Crippen molar-refractivity contribution in [2.75, 3.05) is 6.54 Å². The summed E-state index contributed by atoms with van der Waals surface area (Å²) >= 11 is 0. The number of nitrogens with one attached hydrogen (secondary N) is 1. The molecule has 3 amide bonds. The van der Waals surface area contributed by atoms with E-state index in [-0.39, 0.29) is 11.9 Å². The predicted molar refractivity (Wildman–Crippen MR) is 77.2 cm³/mol. The van der Waals surface area contributed by atoms with Crippen LogP contribution in [-0.2, 0) is 11.2 Å². The molecule has 2 aromatic rings. The van der Waals surface area contributed by atoms with Crippen molar-refractivity contribution in [3.63, 3.8) is 0 Å². The van der Waals surface area contributed by atoms with Crippen LogP contribution in [0.15, 0.2) is 30.9 Å². The zero-order valence-electron chi connectivity index (χ0n) is 12.1. The molecule has 3 rings (SSSR count). The predicted octanol–water partition coefficient (Wildman–Crippen LogP) is 0.535. The lowest BCUT2D eigenvalue weighted by molar-refractivity contribution is -0.127. The Hall–Kier alpha value is -2.77. The van der Waals surface area contributed by atoms with Gasteiger partial charge in [0.1, 0.15) is 18.2 Å². The fourth-order valence-electron chi connectivity index (χ4n) is 2.43. The molecule has 2 aromatic heterocycles. The van der Waals surface area contributed by atoms with Crippen molar-refractivity contribution in [2.24, 2.45) is 0 Å². The first kappa shape index (κ1) is 14.2. The molecular weight excluding hydrogens is 284 g/mol. The van der Waals surface area contributed by atoms with E-state index < -0.39 is 6.04 Å². The average Bonchev–Trinajstić information content (AvgIpc) is 3.09. The maximum Gasteiger partial charge on any atom is 0.324 e. The van der Waals surface area contributed by atoms with Crippen LogP contribution < -0.4 is 5.32 Å². The molecule has 8 heteroatoms. The van der Waals surface area contributed by atoms with Crippen molar-refractivity contribution in [3.8, 4) is 5.69 Å². The summed E-state index contributed by atoms with van der Waals surface area (Å²) in [6.45, 7) is 2.35. The number of hydrogen-bond acceptors (Lipinski definition) is 5. The number of hydrogen-bond donors (Lipinski definition) is 1. The molecule has 1 aliphatic heterocycles. The maximum atomic E-state index is 12.3. The molecule has 22 heavy (non-hydrogen) atoms. The van der Waals surface area contributed by atoms with Crippen LogP contribution in [-0.4, -0.2) is 49.2 Å². The lowest BCUT2D eigenvalue weighted by atomic mass is 10.2. The number of aromatic nitrogens is 4. The summed E-state index contributed by atoms with van der Waals surface area (Å²) < 4.78 is 1.62. The third-order valence-corrected chi connectivity index (χ3v) is 3.45. The third kappa shape index (κ3) is 2.54. The van der Waals surface area contributed by atoms with E-state index in [9.17, 15) is 9.59 Å². The van der Waals surface area contributed by atoms with Crippen molar-refractivity contribution in [2.45, 2.75) is 25.8 Å². The summed E-state index contributed by atoms with van der Waals surface area (Å²) in [6.07, 6.45) is 5.78. The zero-order chi connectivity index (χ0) is 15.5. The molecule has 1 atom stereocenters. The number of nitrogens with zero attached hydrogens (tertiary/aromatic N) is 5. The van der Waals surface area contributed by atoms with Gasteiger partial charge in [0.05, 0.1) is 11.9 Å². The second kappa shape index (κ2) is 5.92. The minimum Gasteiger partial charge on any atom is -0.325 e. The van der Waals surface area contributed by atoms with E-state index in [4.69, 9.17) is 0 Å². The molecule has 1 fully saturated rings. The topological polar surface area (TPSA) is 93.0 Å². The second-order valence-electron chi connectivity index (χ2n) is 5.00. The first-order valence-corrected chi connectivity index (χ1v) is 7.12. The first-order chi connectivity index (χ1) is 10.7. The monoisotopic (exact) mass is 300 g/mol. The normalized spacial score (nSPS) is 17.9. The van der Waals surface area contributed by atoms with E-state index in [0.29, 0.717) is 18.8 Å². The van der Waals surface area contributed by atoms with Gasteiger partial charge in [-0.25, -0.2) is 14.5 Å². The molecule has 0 aliphatic carbocycles. The molecule has 0 radical (unpaired) electrons. The largest absolute Gasteiger partial charge is 0.325 e. The van der Waals surface area contributed by atoms with E-state index in [1.54, 1.807) is 23.1 Å². The second-order valence-corrected chi connectivity index (χ2v) is 5.00. The molecule has 1 unspecified atom stereocenters. The van der Waals surface area contributed by atoms with E-state index >= 15 is 0 Å². The van der Waals surface area contributed by atoms with Crippen LogP contribution in [0.25, 0.3) is 5.69 Å². The molecule has 8 nitrogen and oxygen atoms in total. The molecule has 1 N–H and O–H groups in total. The standard InChI is InChI=1S/C14H16N6O2/c1-2-6-19-13(21)11(18-14(19)22)7-12-16-9-17-20(12)10-4-3-5-15-8-10/h3-5,8-9,11H,2,6-7H2,1H3,(H,18,22). The van der Waals surface area contributed by atoms with Crippen molar-refractivity contribution >= 4 is 11.9 Å². The summed E-state index contributed by atoms with van der Waals surface area (Å²) in [5.41, 5.74) is 0.761. The van der Waals surface area contributed by atoms with Crippen LogP contribution >= 0.6 is 0 Å². The highest BCUT2D eigenvalue weighted by molar-refractivity contribution is 6.04. The summed E-state index contributed by atoms with van der Waals surface area (Å²) in [5.74, 6) is 0.387. The lowest BCUT2D eigenvalue weighted by Gasteiger charge is -2.11. The summed E-state index contributed by atoms with van der Waals surface area (Å²) in [6, 6.07) is 2.71. The van der Waals surface area contributed by atoms with Crippen molar-refractivity contribution in [1.82, 2.24) is 30.0 Å². The van der Waals surface area contributed by atoms with Gasteiger partial charge in [-0.15, -0.1) is 0 Å². The molecule has 3 heterocycles. The fourth-order valence-corrected chi connectivity index (χ4v) is 2.43. The molecule has 114 valence electrons. The lowest BCUT2D eigenvalue weighted by Crippen LogP contribution is -2.33. The highest BCUT2D eigenvalue weighted by atomic mass is 16.2. The van der Waals surface area contributed by atoms with Crippen LogP contribution in [0.4, 0.5) is 4.79 Å². The van der Waals surface area contributed by atoms with Crippen LogP contribution in [0.1, 0.15) is 19.2 Å². The molecule has 0 aromatic carbocycles. The number of carbonyl (C=O) groups excluding carboxylic acids is 2. The van der Waals surface area contributed by atoms with Crippen LogP contribution in [0.2, 0.25) is 0 Å². The van der Waals surface area contributed by atoms with Gasteiger partial charge in [-0.2, -0.15) is 5.10 Å². The van der Waals surface area contributed by atoms with E-state index in [1.165, 1.54) is 11.2 Å². The summed E-state index contributed by atoms with van der Waals surface area (Å²) in [7, 11) is 0. The Balaban J connectivity index is 1.79. The van der Waals surface area contributed by atoms with Gasteiger partial charge in [-0.05, 0) is 18.6 Å².